The van der Waals surface area contributed by atoms with Crippen LogP contribution in [-0.4, -0.2) is 42.3 Å². The second-order valence-corrected chi connectivity index (χ2v) is 5.88. The van der Waals surface area contributed by atoms with Gasteiger partial charge < -0.3 is 9.84 Å². The van der Waals surface area contributed by atoms with Gasteiger partial charge in [-0.3, -0.25) is 9.69 Å². The first-order valence-corrected chi connectivity index (χ1v) is 7.15. The molecule has 1 aromatic rings. The highest BCUT2D eigenvalue weighted by molar-refractivity contribution is 6.42. The first-order valence-electron chi connectivity index (χ1n) is 6.39. The molecule has 2 rings (SSSR count). The third-order valence-electron chi connectivity index (χ3n) is 3.93. The summed E-state index contributed by atoms with van der Waals surface area (Å²) >= 11 is 11.9. The normalized spacial score (nSPS) is 24.1. The van der Waals surface area contributed by atoms with Crippen LogP contribution in [0.1, 0.15) is 18.5 Å². The zero-order valence-corrected chi connectivity index (χ0v) is 12.9. The molecule has 0 aliphatic carbocycles. The maximum Gasteiger partial charge on any atom is 0.310 e. The van der Waals surface area contributed by atoms with E-state index < -0.39 is 11.9 Å². The van der Waals surface area contributed by atoms with E-state index in [-0.39, 0.29) is 18.7 Å². The lowest BCUT2D eigenvalue weighted by Gasteiger charge is -2.32. The molecule has 1 aromatic carbocycles. The molecule has 0 amide bonds. The molecule has 4 nitrogen and oxygen atoms in total. The molecule has 6 heteroatoms. The van der Waals surface area contributed by atoms with Crippen LogP contribution in [0.5, 0.6) is 0 Å². The minimum Gasteiger partial charge on any atom is -0.481 e. The maximum absolute atomic E-state index is 11.2. The molecule has 1 aliphatic rings. The van der Waals surface area contributed by atoms with Gasteiger partial charge in [-0.25, -0.2) is 0 Å². The van der Waals surface area contributed by atoms with Crippen molar-refractivity contribution in [2.45, 2.75) is 19.0 Å². The van der Waals surface area contributed by atoms with Gasteiger partial charge in [-0.15, -0.1) is 0 Å². The van der Waals surface area contributed by atoms with Crippen LogP contribution in [0.2, 0.25) is 10.0 Å². The second-order valence-electron chi connectivity index (χ2n) is 5.06. The summed E-state index contributed by atoms with van der Waals surface area (Å²) < 4.78 is 5.31. The smallest absolute Gasteiger partial charge is 0.310 e. The number of carboxylic acid groups (broad SMARTS) is 1. The first kappa shape index (κ1) is 15.6. The number of ether oxygens (including phenoxy) is 1. The molecule has 0 saturated carbocycles. The van der Waals surface area contributed by atoms with Crippen LogP contribution in [0, 0.1) is 5.92 Å². The van der Waals surface area contributed by atoms with Crippen molar-refractivity contribution in [1.82, 2.24) is 4.90 Å². The highest BCUT2D eigenvalue weighted by atomic mass is 35.5. The van der Waals surface area contributed by atoms with E-state index in [1.807, 2.05) is 31.0 Å². The molecule has 1 N–H and O–H groups in total. The van der Waals surface area contributed by atoms with Crippen molar-refractivity contribution in [2.75, 3.05) is 20.3 Å². The summed E-state index contributed by atoms with van der Waals surface area (Å²) in [5.41, 5.74) is 0.998. The SMILES string of the molecule is CC(c1ccc(Cl)c(Cl)c1)N(C)C1COCC1C(=O)O. The third kappa shape index (κ3) is 3.09. The Balaban J connectivity index is 2.17. The van der Waals surface area contributed by atoms with Gasteiger partial charge in [0.25, 0.3) is 0 Å². The number of aliphatic carboxylic acids is 1. The number of carboxylic acids is 1. The lowest BCUT2D eigenvalue weighted by molar-refractivity contribution is -0.143. The van der Waals surface area contributed by atoms with Crippen LogP contribution in [0.4, 0.5) is 0 Å². The van der Waals surface area contributed by atoms with E-state index in [1.165, 1.54) is 0 Å². The Morgan fingerprint density at radius 1 is 1.40 bits per heavy atom. The number of rotatable bonds is 4. The minimum absolute atomic E-state index is 0.0262. The van der Waals surface area contributed by atoms with E-state index in [1.54, 1.807) is 6.07 Å². The second kappa shape index (κ2) is 6.31. The van der Waals surface area contributed by atoms with Crippen LogP contribution >= 0.6 is 23.2 Å². The Morgan fingerprint density at radius 2 is 2.10 bits per heavy atom. The molecular formula is C14H17Cl2NO3. The molecule has 3 unspecified atom stereocenters. The highest BCUT2D eigenvalue weighted by Gasteiger charge is 2.38. The molecule has 0 spiro atoms. The molecule has 0 radical (unpaired) electrons. The van der Waals surface area contributed by atoms with Crippen molar-refractivity contribution < 1.29 is 14.6 Å². The van der Waals surface area contributed by atoms with Crippen molar-refractivity contribution in [2.24, 2.45) is 5.92 Å². The Morgan fingerprint density at radius 3 is 2.70 bits per heavy atom. The predicted molar refractivity (Wildman–Crippen MR) is 78.4 cm³/mol. The average molecular weight is 318 g/mol. The van der Waals surface area contributed by atoms with Gasteiger partial charge in [0.05, 0.1) is 29.2 Å². The topological polar surface area (TPSA) is 49.8 Å². The summed E-state index contributed by atoms with van der Waals surface area (Å²) in [4.78, 5) is 13.2. The van der Waals surface area contributed by atoms with Crippen LogP contribution in [0.3, 0.4) is 0 Å². The first-order chi connectivity index (χ1) is 9.41. The molecule has 110 valence electrons. The summed E-state index contributed by atoms with van der Waals surface area (Å²) in [7, 11) is 1.91. The third-order valence-corrected chi connectivity index (χ3v) is 4.67. The van der Waals surface area contributed by atoms with Gasteiger partial charge in [-0.05, 0) is 31.7 Å². The van der Waals surface area contributed by atoms with Crippen molar-refractivity contribution >= 4 is 29.2 Å². The predicted octanol–water partition coefficient (Wildman–Crippen LogP) is 3.09. The molecule has 20 heavy (non-hydrogen) atoms. The van der Waals surface area contributed by atoms with Gasteiger partial charge >= 0.3 is 5.97 Å². The van der Waals surface area contributed by atoms with E-state index in [0.29, 0.717) is 16.7 Å². The van der Waals surface area contributed by atoms with Gasteiger partial charge in [-0.2, -0.15) is 0 Å². The standard InChI is InChI=1S/C14H17Cl2NO3/c1-8(9-3-4-11(15)12(16)5-9)17(2)13-7-20-6-10(13)14(18)19/h3-5,8,10,13H,6-7H2,1-2H3,(H,18,19). The molecule has 0 aromatic heterocycles. The molecule has 1 aliphatic heterocycles. The van der Waals surface area contributed by atoms with E-state index in [4.69, 9.17) is 27.9 Å². The summed E-state index contributed by atoms with van der Waals surface area (Å²) in [5.74, 6) is -1.31. The number of halogens is 2. The lowest BCUT2D eigenvalue weighted by Crippen LogP contribution is -2.42. The fourth-order valence-corrected chi connectivity index (χ4v) is 2.78. The highest BCUT2D eigenvalue weighted by Crippen LogP contribution is 2.31. The van der Waals surface area contributed by atoms with Crippen LogP contribution in [0.15, 0.2) is 18.2 Å². The number of hydrogen-bond donors (Lipinski definition) is 1. The lowest BCUT2D eigenvalue weighted by atomic mass is 9.99. The molecular weight excluding hydrogens is 301 g/mol. The largest absolute Gasteiger partial charge is 0.481 e. The summed E-state index contributed by atoms with van der Waals surface area (Å²) in [6.07, 6.45) is 0. The van der Waals surface area contributed by atoms with Crippen LogP contribution in [0.25, 0.3) is 0 Å². The summed E-state index contributed by atoms with van der Waals surface area (Å²) in [6, 6.07) is 5.36. The van der Waals surface area contributed by atoms with Gasteiger partial charge in [-0.1, -0.05) is 29.3 Å². The number of likely N-dealkylation sites (N-methyl/N-ethyl adjacent to an activating group) is 1. The van der Waals surface area contributed by atoms with Crippen molar-refractivity contribution in [1.29, 1.82) is 0 Å². The number of nitrogens with zero attached hydrogens (tertiary/aromatic N) is 1. The fourth-order valence-electron chi connectivity index (χ4n) is 2.47. The number of carbonyl (C=O) groups is 1. The summed E-state index contributed by atoms with van der Waals surface area (Å²) in [5, 5.41) is 10.2. The Labute approximate surface area is 128 Å². The fraction of sp³-hybridized carbons (Fsp3) is 0.500. The zero-order chi connectivity index (χ0) is 14.9. The Kier molecular flexibility index (Phi) is 4.91. The molecule has 3 atom stereocenters. The van der Waals surface area contributed by atoms with E-state index in [9.17, 15) is 9.90 Å². The van der Waals surface area contributed by atoms with Crippen molar-refractivity contribution in [3.05, 3.63) is 33.8 Å². The average Bonchev–Trinajstić information content (AvgIpc) is 2.89. The number of hydrogen-bond acceptors (Lipinski definition) is 3. The zero-order valence-electron chi connectivity index (χ0n) is 11.3. The minimum atomic E-state index is -0.819. The van der Waals surface area contributed by atoms with E-state index in [2.05, 4.69) is 0 Å². The Bertz CT molecular complexity index is 509. The van der Waals surface area contributed by atoms with Crippen LogP contribution < -0.4 is 0 Å². The molecule has 1 saturated heterocycles. The number of benzene rings is 1. The van der Waals surface area contributed by atoms with Crippen molar-refractivity contribution in [3.63, 3.8) is 0 Å². The van der Waals surface area contributed by atoms with E-state index >= 15 is 0 Å². The van der Waals surface area contributed by atoms with Crippen molar-refractivity contribution in [3.8, 4) is 0 Å². The molecule has 1 heterocycles. The quantitative estimate of drug-likeness (QED) is 0.927. The monoisotopic (exact) mass is 317 g/mol. The molecule has 1 fully saturated rings. The maximum atomic E-state index is 11.2. The van der Waals surface area contributed by atoms with Gasteiger partial charge in [0.1, 0.15) is 0 Å². The van der Waals surface area contributed by atoms with Gasteiger partial charge in [0.2, 0.25) is 0 Å². The van der Waals surface area contributed by atoms with E-state index in [0.717, 1.165) is 5.56 Å². The molecule has 0 bridgehead atoms. The Hall–Kier alpha value is -0.810. The van der Waals surface area contributed by atoms with Gasteiger partial charge in [0.15, 0.2) is 0 Å². The van der Waals surface area contributed by atoms with Gasteiger partial charge in [0, 0.05) is 12.1 Å². The van der Waals surface area contributed by atoms with Crippen LogP contribution in [-0.2, 0) is 9.53 Å². The summed E-state index contributed by atoms with van der Waals surface area (Å²) in [6.45, 7) is 2.70.